The molecular formula is C72H51N. The number of anilines is 3. The van der Waals surface area contributed by atoms with Crippen molar-refractivity contribution in [2.75, 3.05) is 4.90 Å². The predicted molar refractivity (Wildman–Crippen MR) is 311 cm³/mol. The molecule has 0 fully saturated rings. The molecule has 0 radical (unpaired) electrons. The first-order valence-corrected chi connectivity index (χ1v) is 25.8. The van der Waals surface area contributed by atoms with Gasteiger partial charge < -0.3 is 4.90 Å². The second-order valence-electron chi connectivity index (χ2n) is 19.9. The SMILES string of the molecule is C1=CCC2C(=C1)C(c1ccc(N(c3ccccc3)c3ccccc3)cc1)=C1C=CC=CC1C2c1cccc(-c2ccc3c(-c4ccc5ccccc5c4)c4ccccc4c(-c4ccc5ccccc5c4)c3c2)c1. The molecule has 11 aromatic rings. The Hall–Kier alpha value is -9.04. The van der Waals surface area contributed by atoms with E-state index in [2.05, 4.69) is 284 Å². The molecule has 0 aromatic heterocycles. The van der Waals surface area contributed by atoms with Gasteiger partial charge in [0.25, 0.3) is 0 Å². The van der Waals surface area contributed by atoms with Gasteiger partial charge in [-0.25, -0.2) is 0 Å². The fourth-order valence-electron chi connectivity index (χ4n) is 12.5. The fraction of sp³-hybridized carbons (Fsp3) is 0.0556. The maximum absolute atomic E-state index is 2.51. The summed E-state index contributed by atoms with van der Waals surface area (Å²) in [7, 11) is 0. The van der Waals surface area contributed by atoms with Crippen LogP contribution in [-0.2, 0) is 0 Å². The van der Waals surface area contributed by atoms with Gasteiger partial charge in [0.2, 0.25) is 0 Å². The summed E-state index contributed by atoms with van der Waals surface area (Å²) >= 11 is 0. The number of rotatable bonds is 8. The van der Waals surface area contributed by atoms with E-state index < -0.39 is 0 Å². The van der Waals surface area contributed by atoms with E-state index in [9.17, 15) is 0 Å². The van der Waals surface area contributed by atoms with Crippen LogP contribution in [0.5, 0.6) is 0 Å². The van der Waals surface area contributed by atoms with Crippen LogP contribution in [0.2, 0.25) is 0 Å². The molecule has 0 saturated heterocycles. The van der Waals surface area contributed by atoms with Crippen LogP contribution in [0.25, 0.3) is 82.0 Å². The summed E-state index contributed by atoms with van der Waals surface area (Å²) in [6.45, 7) is 0. The van der Waals surface area contributed by atoms with Gasteiger partial charge in [-0.3, -0.25) is 0 Å². The van der Waals surface area contributed by atoms with Gasteiger partial charge >= 0.3 is 0 Å². The molecule has 0 heterocycles. The van der Waals surface area contributed by atoms with E-state index in [1.54, 1.807) is 0 Å². The van der Waals surface area contributed by atoms with Crippen molar-refractivity contribution in [2.24, 2.45) is 11.8 Å². The molecule has 3 unspecified atom stereocenters. The molecule has 14 rings (SSSR count). The summed E-state index contributed by atoms with van der Waals surface area (Å²) in [6.07, 6.45) is 17.4. The van der Waals surface area contributed by atoms with E-state index in [0.29, 0.717) is 5.92 Å². The minimum Gasteiger partial charge on any atom is -0.311 e. The standard InChI is InChI=1S/C72H51N/c1-3-24-58(25-4-1)73(59-26-5-2-6-27-59)60-41-38-50(39-42-60)69-61-28-11-13-30-63(61)70(64-31-14-12-29-62(64)69)55-23-17-22-53(46-55)54-40-43-67-68(47-54)72(57-37-35-49-19-8-10-21-52(49)45-57)66-33-16-15-32-65(66)71(67)56-36-34-48-18-7-9-20-51(48)44-56/h1-30,32-47,63-64,70H,31H2. The largest absolute Gasteiger partial charge is 0.311 e. The van der Waals surface area contributed by atoms with Crippen LogP contribution >= 0.6 is 0 Å². The molecule has 0 bridgehead atoms. The van der Waals surface area contributed by atoms with Crippen LogP contribution in [0.4, 0.5) is 17.1 Å². The quantitative estimate of drug-likeness (QED) is 0.137. The molecule has 1 heteroatoms. The number of allylic oxidation sites excluding steroid dienone is 10. The molecule has 73 heavy (non-hydrogen) atoms. The minimum absolute atomic E-state index is 0.223. The lowest BCUT2D eigenvalue weighted by Gasteiger charge is -2.43. The Labute approximate surface area is 427 Å². The summed E-state index contributed by atoms with van der Waals surface area (Å²) < 4.78 is 0. The Balaban J connectivity index is 0.898. The zero-order valence-electron chi connectivity index (χ0n) is 40.4. The molecule has 1 nitrogen and oxygen atoms in total. The minimum atomic E-state index is 0.223. The number of nitrogens with zero attached hydrogens (tertiary/aromatic N) is 1. The van der Waals surface area contributed by atoms with Gasteiger partial charge in [-0.05, 0) is 171 Å². The van der Waals surface area contributed by atoms with Crippen molar-refractivity contribution in [2.45, 2.75) is 12.3 Å². The molecule has 0 aliphatic heterocycles. The summed E-state index contributed by atoms with van der Waals surface area (Å²) in [4.78, 5) is 2.34. The number of fused-ring (bicyclic) bond motifs is 6. The van der Waals surface area contributed by atoms with Gasteiger partial charge in [-0.2, -0.15) is 0 Å². The van der Waals surface area contributed by atoms with Crippen LogP contribution < -0.4 is 4.90 Å². The highest BCUT2D eigenvalue weighted by Gasteiger charge is 2.41. The molecule has 3 aliphatic carbocycles. The second kappa shape index (κ2) is 18.0. The highest BCUT2D eigenvalue weighted by molar-refractivity contribution is 6.22. The molecular weight excluding hydrogens is 879 g/mol. The van der Waals surface area contributed by atoms with Gasteiger partial charge in [0.15, 0.2) is 0 Å². The lowest BCUT2D eigenvalue weighted by molar-refractivity contribution is 0.419. The van der Waals surface area contributed by atoms with E-state index in [1.807, 2.05) is 0 Å². The molecule has 3 aliphatic rings. The Morgan fingerprint density at radius 2 is 0.918 bits per heavy atom. The van der Waals surface area contributed by atoms with Crippen molar-refractivity contribution in [3.63, 3.8) is 0 Å². The molecule has 344 valence electrons. The summed E-state index contributed by atoms with van der Waals surface area (Å²) in [5.74, 6) is 0.803. The van der Waals surface area contributed by atoms with Crippen molar-refractivity contribution < 1.29 is 0 Å². The van der Waals surface area contributed by atoms with E-state index in [-0.39, 0.29) is 11.8 Å². The molecule has 0 N–H and O–H groups in total. The second-order valence-corrected chi connectivity index (χ2v) is 19.9. The maximum atomic E-state index is 2.51. The Kier molecular flexibility index (Phi) is 10.5. The van der Waals surface area contributed by atoms with Gasteiger partial charge in [0.1, 0.15) is 0 Å². The monoisotopic (exact) mass is 929 g/mol. The van der Waals surface area contributed by atoms with Crippen molar-refractivity contribution in [3.05, 3.63) is 301 Å². The zero-order chi connectivity index (χ0) is 48.2. The normalized spacial score (nSPS) is 17.0. The van der Waals surface area contributed by atoms with Crippen LogP contribution in [0, 0.1) is 11.8 Å². The van der Waals surface area contributed by atoms with E-state index >= 15 is 0 Å². The Bertz CT molecular complexity index is 4070. The van der Waals surface area contributed by atoms with Crippen molar-refractivity contribution >= 4 is 65.7 Å². The fourth-order valence-corrected chi connectivity index (χ4v) is 12.5. The number of hydrogen-bond donors (Lipinski definition) is 0. The third-order valence-electron chi connectivity index (χ3n) is 15.8. The smallest absolute Gasteiger partial charge is 0.0462 e. The molecule has 3 atom stereocenters. The van der Waals surface area contributed by atoms with Gasteiger partial charge in [0, 0.05) is 28.9 Å². The van der Waals surface area contributed by atoms with Gasteiger partial charge in [-0.1, -0.05) is 225 Å². The third-order valence-corrected chi connectivity index (χ3v) is 15.8. The average Bonchev–Trinajstić information content (AvgIpc) is 3.47. The van der Waals surface area contributed by atoms with Crippen molar-refractivity contribution in [3.8, 4) is 33.4 Å². The van der Waals surface area contributed by atoms with Crippen LogP contribution in [0.1, 0.15) is 23.5 Å². The van der Waals surface area contributed by atoms with Crippen LogP contribution in [0.15, 0.2) is 290 Å². The number of benzene rings is 11. The average molecular weight is 930 g/mol. The summed E-state index contributed by atoms with van der Waals surface area (Å²) in [5, 5.41) is 10.0. The summed E-state index contributed by atoms with van der Waals surface area (Å²) in [6, 6.07) is 87.8. The lowest BCUT2D eigenvalue weighted by atomic mass is 9.60. The first-order chi connectivity index (χ1) is 36.2. The van der Waals surface area contributed by atoms with Crippen LogP contribution in [0.3, 0.4) is 0 Å². The first kappa shape index (κ1) is 42.8. The van der Waals surface area contributed by atoms with Crippen LogP contribution in [-0.4, -0.2) is 0 Å². The molecule has 0 spiro atoms. The zero-order valence-corrected chi connectivity index (χ0v) is 40.4. The molecule has 0 amide bonds. The number of hydrogen-bond acceptors (Lipinski definition) is 1. The molecule has 11 aromatic carbocycles. The van der Waals surface area contributed by atoms with E-state index in [1.165, 1.54) is 104 Å². The Morgan fingerprint density at radius 1 is 0.370 bits per heavy atom. The van der Waals surface area contributed by atoms with E-state index in [0.717, 1.165) is 23.5 Å². The predicted octanol–water partition coefficient (Wildman–Crippen LogP) is 19.6. The highest BCUT2D eigenvalue weighted by Crippen LogP contribution is 2.55. The Morgan fingerprint density at radius 3 is 1.59 bits per heavy atom. The first-order valence-electron chi connectivity index (χ1n) is 25.8. The maximum Gasteiger partial charge on any atom is 0.0462 e. The third kappa shape index (κ3) is 7.47. The topological polar surface area (TPSA) is 3.24 Å². The van der Waals surface area contributed by atoms with E-state index in [4.69, 9.17) is 0 Å². The van der Waals surface area contributed by atoms with Crippen molar-refractivity contribution in [1.82, 2.24) is 0 Å². The number of para-hydroxylation sites is 2. The highest BCUT2D eigenvalue weighted by atomic mass is 15.1. The summed E-state index contributed by atoms with van der Waals surface area (Å²) in [5.41, 5.74) is 17.7. The molecule has 0 saturated carbocycles. The van der Waals surface area contributed by atoms with Gasteiger partial charge in [-0.15, -0.1) is 0 Å². The van der Waals surface area contributed by atoms with Crippen molar-refractivity contribution in [1.29, 1.82) is 0 Å². The lowest BCUT2D eigenvalue weighted by Crippen LogP contribution is -2.30. The van der Waals surface area contributed by atoms with Gasteiger partial charge in [0.05, 0.1) is 0 Å².